The number of hydrogen-bond acceptors (Lipinski definition) is 2. The summed E-state index contributed by atoms with van der Waals surface area (Å²) < 4.78 is 0. The van der Waals surface area contributed by atoms with Crippen LogP contribution >= 0.6 is 0 Å². The van der Waals surface area contributed by atoms with E-state index in [4.69, 9.17) is 5.11 Å². The van der Waals surface area contributed by atoms with Crippen LogP contribution in [0.3, 0.4) is 0 Å². The second kappa shape index (κ2) is 8.03. The van der Waals surface area contributed by atoms with E-state index in [0.29, 0.717) is 18.4 Å². The third kappa shape index (κ3) is 5.05. The molecule has 1 saturated carbocycles. The van der Waals surface area contributed by atoms with Crippen LogP contribution in [-0.4, -0.2) is 23.8 Å². The van der Waals surface area contributed by atoms with Crippen molar-refractivity contribution in [2.45, 2.75) is 51.1 Å². The van der Waals surface area contributed by atoms with Gasteiger partial charge < -0.3 is 15.7 Å². The number of amides is 2. The van der Waals surface area contributed by atoms with Crippen molar-refractivity contribution in [1.29, 1.82) is 0 Å². The predicted octanol–water partition coefficient (Wildman–Crippen LogP) is 2.99. The van der Waals surface area contributed by atoms with Crippen LogP contribution in [0.4, 0.5) is 4.79 Å². The maximum absolute atomic E-state index is 12.1. The third-order valence-electron chi connectivity index (χ3n) is 4.06. The van der Waals surface area contributed by atoms with Crippen LogP contribution < -0.4 is 10.6 Å². The predicted molar refractivity (Wildman–Crippen MR) is 84.0 cm³/mol. The number of carbonyl (C=O) groups is 1. The van der Waals surface area contributed by atoms with Crippen LogP contribution in [-0.2, 0) is 0 Å². The molecule has 3 N–H and O–H groups in total. The first-order chi connectivity index (χ1) is 10.2. The summed E-state index contributed by atoms with van der Waals surface area (Å²) in [5.74, 6) is 0.661. The largest absolute Gasteiger partial charge is 0.396 e. The zero-order chi connectivity index (χ0) is 15.1. The molecule has 2 rings (SSSR count). The minimum Gasteiger partial charge on any atom is -0.396 e. The lowest BCUT2D eigenvalue weighted by Gasteiger charge is -2.19. The fourth-order valence-electron chi connectivity index (χ4n) is 2.79. The van der Waals surface area contributed by atoms with Gasteiger partial charge in [0, 0.05) is 12.6 Å². The first-order valence-corrected chi connectivity index (χ1v) is 7.97. The number of urea groups is 1. The molecule has 0 aliphatic heterocycles. The Morgan fingerprint density at radius 2 is 2.14 bits per heavy atom. The molecule has 0 saturated heterocycles. The highest BCUT2D eigenvalue weighted by Crippen LogP contribution is 2.34. The molecule has 21 heavy (non-hydrogen) atoms. The topological polar surface area (TPSA) is 61.4 Å². The van der Waals surface area contributed by atoms with Gasteiger partial charge in [0.2, 0.25) is 0 Å². The summed E-state index contributed by atoms with van der Waals surface area (Å²) in [7, 11) is 0. The summed E-state index contributed by atoms with van der Waals surface area (Å²) in [5, 5.41) is 15.1. The Morgan fingerprint density at radius 3 is 2.81 bits per heavy atom. The zero-order valence-electron chi connectivity index (χ0n) is 12.7. The SMILES string of the molecule is CCCC1CC1NC(=O)NC(CCCO)c1ccccc1. The van der Waals surface area contributed by atoms with E-state index in [2.05, 4.69) is 17.6 Å². The van der Waals surface area contributed by atoms with Gasteiger partial charge in [0.1, 0.15) is 0 Å². The van der Waals surface area contributed by atoms with E-state index in [1.165, 1.54) is 12.8 Å². The van der Waals surface area contributed by atoms with E-state index in [9.17, 15) is 4.79 Å². The van der Waals surface area contributed by atoms with Crippen molar-refractivity contribution in [2.24, 2.45) is 5.92 Å². The molecular formula is C17H26N2O2. The van der Waals surface area contributed by atoms with Gasteiger partial charge in [0.25, 0.3) is 0 Å². The molecule has 4 heteroatoms. The molecule has 0 heterocycles. The fraction of sp³-hybridized carbons (Fsp3) is 0.588. The molecular weight excluding hydrogens is 264 g/mol. The molecule has 3 unspecified atom stereocenters. The van der Waals surface area contributed by atoms with E-state index in [0.717, 1.165) is 18.4 Å². The number of hydrogen-bond donors (Lipinski definition) is 3. The summed E-state index contributed by atoms with van der Waals surface area (Å²) in [6.45, 7) is 2.32. The van der Waals surface area contributed by atoms with Crippen molar-refractivity contribution in [3.8, 4) is 0 Å². The third-order valence-corrected chi connectivity index (χ3v) is 4.06. The molecule has 1 fully saturated rings. The number of carbonyl (C=O) groups excluding carboxylic acids is 1. The highest BCUT2D eigenvalue weighted by atomic mass is 16.3. The second-order valence-corrected chi connectivity index (χ2v) is 5.84. The summed E-state index contributed by atoms with van der Waals surface area (Å²) in [6, 6.07) is 10.1. The van der Waals surface area contributed by atoms with Gasteiger partial charge in [-0.3, -0.25) is 0 Å². The van der Waals surface area contributed by atoms with Crippen LogP contribution in [0.5, 0.6) is 0 Å². The maximum Gasteiger partial charge on any atom is 0.315 e. The quantitative estimate of drug-likeness (QED) is 0.689. The molecule has 0 radical (unpaired) electrons. The molecule has 116 valence electrons. The Morgan fingerprint density at radius 1 is 1.38 bits per heavy atom. The molecule has 1 aromatic carbocycles. The Kier molecular flexibility index (Phi) is 6.05. The standard InChI is InChI=1S/C17H26N2O2/c1-2-7-14-12-16(14)19-17(21)18-15(10-6-11-20)13-8-4-3-5-9-13/h3-5,8-9,14-16,20H,2,6-7,10-12H2,1H3,(H2,18,19,21). The van der Waals surface area contributed by atoms with Gasteiger partial charge in [0.05, 0.1) is 6.04 Å². The number of aliphatic hydroxyl groups is 1. The Balaban J connectivity index is 1.85. The van der Waals surface area contributed by atoms with Gasteiger partial charge in [-0.25, -0.2) is 4.79 Å². The molecule has 1 aliphatic carbocycles. The molecule has 0 aromatic heterocycles. The average Bonchev–Trinajstić information content (AvgIpc) is 3.22. The molecule has 4 nitrogen and oxygen atoms in total. The number of benzene rings is 1. The second-order valence-electron chi connectivity index (χ2n) is 5.84. The Hall–Kier alpha value is -1.55. The van der Waals surface area contributed by atoms with E-state index in [1.807, 2.05) is 30.3 Å². The van der Waals surface area contributed by atoms with Gasteiger partial charge in [-0.2, -0.15) is 0 Å². The van der Waals surface area contributed by atoms with Crippen LogP contribution in [0, 0.1) is 5.92 Å². The van der Waals surface area contributed by atoms with Gasteiger partial charge in [-0.1, -0.05) is 43.7 Å². The van der Waals surface area contributed by atoms with Crippen LogP contribution in [0.25, 0.3) is 0 Å². The molecule has 1 aliphatic rings. The minimum atomic E-state index is -0.0922. The van der Waals surface area contributed by atoms with Crippen molar-refractivity contribution in [2.75, 3.05) is 6.61 Å². The normalized spacial score (nSPS) is 21.6. The van der Waals surface area contributed by atoms with Crippen molar-refractivity contribution in [3.63, 3.8) is 0 Å². The van der Waals surface area contributed by atoms with Crippen LogP contribution in [0.1, 0.15) is 50.6 Å². The maximum atomic E-state index is 12.1. The highest BCUT2D eigenvalue weighted by Gasteiger charge is 2.37. The molecule has 1 aromatic rings. The van der Waals surface area contributed by atoms with E-state index < -0.39 is 0 Å². The lowest BCUT2D eigenvalue weighted by Crippen LogP contribution is -2.39. The minimum absolute atomic E-state index is 0.0401. The smallest absolute Gasteiger partial charge is 0.315 e. The number of rotatable bonds is 8. The van der Waals surface area contributed by atoms with Gasteiger partial charge >= 0.3 is 6.03 Å². The lowest BCUT2D eigenvalue weighted by molar-refractivity contribution is 0.232. The van der Waals surface area contributed by atoms with E-state index in [1.54, 1.807) is 0 Å². The molecule has 0 spiro atoms. The molecule has 3 atom stereocenters. The monoisotopic (exact) mass is 290 g/mol. The first-order valence-electron chi connectivity index (χ1n) is 7.97. The average molecular weight is 290 g/mol. The number of nitrogens with one attached hydrogen (secondary N) is 2. The summed E-state index contributed by atoms with van der Waals surface area (Å²) >= 11 is 0. The fourth-order valence-corrected chi connectivity index (χ4v) is 2.79. The van der Waals surface area contributed by atoms with Gasteiger partial charge in [-0.15, -0.1) is 0 Å². The molecule has 0 bridgehead atoms. The van der Waals surface area contributed by atoms with Crippen LogP contribution in [0.2, 0.25) is 0 Å². The number of aliphatic hydroxyl groups excluding tert-OH is 1. The van der Waals surface area contributed by atoms with Crippen molar-refractivity contribution < 1.29 is 9.90 Å². The highest BCUT2D eigenvalue weighted by molar-refractivity contribution is 5.75. The van der Waals surface area contributed by atoms with Gasteiger partial charge in [-0.05, 0) is 37.2 Å². The van der Waals surface area contributed by atoms with Crippen LogP contribution in [0.15, 0.2) is 30.3 Å². The Bertz CT molecular complexity index is 436. The van der Waals surface area contributed by atoms with E-state index >= 15 is 0 Å². The Labute approximate surface area is 126 Å². The zero-order valence-corrected chi connectivity index (χ0v) is 12.7. The van der Waals surface area contributed by atoms with Crippen molar-refractivity contribution in [1.82, 2.24) is 10.6 Å². The van der Waals surface area contributed by atoms with Gasteiger partial charge in [0.15, 0.2) is 0 Å². The lowest BCUT2D eigenvalue weighted by atomic mass is 10.0. The molecule has 2 amide bonds. The first kappa shape index (κ1) is 15.8. The summed E-state index contributed by atoms with van der Waals surface area (Å²) in [4.78, 5) is 12.1. The summed E-state index contributed by atoms with van der Waals surface area (Å²) in [5.41, 5.74) is 1.09. The van der Waals surface area contributed by atoms with Crippen molar-refractivity contribution >= 4 is 6.03 Å². The van der Waals surface area contributed by atoms with E-state index in [-0.39, 0.29) is 18.7 Å². The summed E-state index contributed by atoms with van der Waals surface area (Å²) in [6.07, 6.45) is 4.90. The van der Waals surface area contributed by atoms with Crippen molar-refractivity contribution in [3.05, 3.63) is 35.9 Å².